The Morgan fingerprint density at radius 3 is 2.44 bits per heavy atom. The average Bonchev–Trinajstić information content (AvgIpc) is 3.11. The number of hydrogen-bond acceptors (Lipinski definition) is 3. The number of alkyl halides is 3. The Kier molecular flexibility index (Phi) is 3.61. The molecule has 1 aliphatic rings. The van der Waals surface area contributed by atoms with E-state index in [0.717, 1.165) is 18.9 Å². The van der Waals surface area contributed by atoms with Crippen LogP contribution in [0.4, 0.5) is 13.2 Å². The lowest BCUT2D eigenvalue weighted by Crippen LogP contribution is -2.40. The fourth-order valence-electron chi connectivity index (χ4n) is 1.81. The van der Waals surface area contributed by atoms with Crippen LogP contribution in [0.2, 0.25) is 0 Å². The molecule has 1 aromatic carbocycles. The molecule has 0 amide bonds. The molecule has 0 saturated heterocycles. The van der Waals surface area contributed by atoms with E-state index in [1.807, 2.05) is 0 Å². The largest absolute Gasteiger partial charge is 0.416 e. The van der Waals surface area contributed by atoms with Crippen LogP contribution in [-0.4, -0.2) is 17.4 Å². The first-order chi connectivity index (χ1) is 8.39. The Morgan fingerprint density at radius 2 is 1.89 bits per heavy atom. The zero-order valence-corrected chi connectivity index (χ0v) is 9.61. The van der Waals surface area contributed by atoms with E-state index >= 15 is 0 Å². The van der Waals surface area contributed by atoms with Crippen molar-refractivity contribution in [2.45, 2.75) is 37.3 Å². The predicted molar refractivity (Wildman–Crippen MR) is 60.5 cm³/mol. The van der Waals surface area contributed by atoms with Crippen molar-refractivity contribution in [3.05, 3.63) is 35.4 Å². The zero-order chi connectivity index (χ0) is 13.3. The maximum absolute atomic E-state index is 12.8. The van der Waals surface area contributed by atoms with Gasteiger partial charge in [0.25, 0.3) is 0 Å². The molecule has 1 fully saturated rings. The molecule has 2 atom stereocenters. The molecule has 100 valence electrons. The lowest BCUT2D eigenvalue weighted by Gasteiger charge is -2.23. The van der Waals surface area contributed by atoms with Gasteiger partial charge in [-0.3, -0.25) is 5.32 Å². The Balaban J connectivity index is 2.20. The van der Waals surface area contributed by atoms with Crippen LogP contribution in [-0.2, 0) is 6.18 Å². The number of nitrogens with two attached hydrogens (primary N) is 1. The van der Waals surface area contributed by atoms with Gasteiger partial charge >= 0.3 is 6.18 Å². The van der Waals surface area contributed by atoms with E-state index in [-0.39, 0.29) is 11.6 Å². The number of halogens is 3. The first-order valence-electron chi connectivity index (χ1n) is 5.75. The van der Waals surface area contributed by atoms with Crippen molar-refractivity contribution in [3.8, 4) is 0 Å². The van der Waals surface area contributed by atoms with Crippen molar-refractivity contribution in [1.29, 1.82) is 0 Å². The van der Waals surface area contributed by atoms with Crippen LogP contribution in [0.25, 0.3) is 0 Å². The number of nitrogens with one attached hydrogen (secondary N) is 1. The summed E-state index contributed by atoms with van der Waals surface area (Å²) >= 11 is 0. The topological polar surface area (TPSA) is 58.3 Å². The summed E-state index contributed by atoms with van der Waals surface area (Å²) in [6, 6.07) is 4.13. The van der Waals surface area contributed by atoms with Crippen LogP contribution >= 0.6 is 0 Å². The molecule has 6 heteroatoms. The second-order valence-corrected chi connectivity index (χ2v) is 4.50. The van der Waals surface area contributed by atoms with Gasteiger partial charge < -0.3 is 10.8 Å². The molecule has 1 saturated carbocycles. The first kappa shape index (κ1) is 13.3. The summed E-state index contributed by atoms with van der Waals surface area (Å²) in [5, 5.41) is 12.6. The van der Waals surface area contributed by atoms with Gasteiger partial charge in [0.15, 0.2) is 0 Å². The lowest BCUT2D eigenvalue weighted by atomic mass is 9.99. The molecule has 1 aromatic rings. The molecule has 0 bridgehead atoms. The van der Waals surface area contributed by atoms with Gasteiger partial charge in [-0.05, 0) is 24.5 Å². The maximum Gasteiger partial charge on any atom is 0.416 e. The van der Waals surface area contributed by atoms with Crippen molar-refractivity contribution in [3.63, 3.8) is 0 Å². The van der Waals surface area contributed by atoms with Crippen LogP contribution in [0.1, 0.15) is 30.0 Å². The Hall–Kier alpha value is -1.11. The van der Waals surface area contributed by atoms with E-state index in [1.54, 1.807) is 0 Å². The lowest BCUT2D eigenvalue weighted by molar-refractivity contribution is -0.138. The number of benzene rings is 1. The summed E-state index contributed by atoms with van der Waals surface area (Å²) in [6.45, 7) is 0. The summed E-state index contributed by atoms with van der Waals surface area (Å²) in [7, 11) is 0. The molecule has 2 rings (SSSR count). The Morgan fingerprint density at radius 1 is 1.28 bits per heavy atom. The van der Waals surface area contributed by atoms with Crippen molar-refractivity contribution in [2.75, 3.05) is 0 Å². The standard InChI is InChI=1S/C12H15F3N2O/c13-12(14,15)9-4-2-1-3-8(9)10(16)11(18)17-7-5-6-7/h1-4,7,10-11,17-18H,5-6,16H2. The number of aliphatic hydroxyl groups excluding tert-OH is 1. The highest BCUT2D eigenvalue weighted by Gasteiger charge is 2.36. The van der Waals surface area contributed by atoms with Crippen molar-refractivity contribution < 1.29 is 18.3 Å². The third-order valence-corrected chi connectivity index (χ3v) is 2.95. The molecule has 0 heterocycles. The van der Waals surface area contributed by atoms with Gasteiger partial charge in [0.05, 0.1) is 11.6 Å². The maximum atomic E-state index is 12.8. The third kappa shape index (κ3) is 3.01. The Labute approximate surface area is 103 Å². The fraction of sp³-hybridized carbons (Fsp3) is 0.500. The first-order valence-corrected chi connectivity index (χ1v) is 5.75. The highest BCUT2D eigenvalue weighted by molar-refractivity contribution is 5.32. The van der Waals surface area contributed by atoms with Crippen molar-refractivity contribution >= 4 is 0 Å². The minimum atomic E-state index is -4.46. The molecule has 4 N–H and O–H groups in total. The van der Waals surface area contributed by atoms with E-state index < -0.39 is 24.0 Å². The predicted octanol–water partition coefficient (Wildman–Crippen LogP) is 1.78. The van der Waals surface area contributed by atoms with E-state index in [9.17, 15) is 18.3 Å². The highest BCUT2D eigenvalue weighted by atomic mass is 19.4. The second kappa shape index (κ2) is 4.87. The zero-order valence-electron chi connectivity index (χ0n) is 9.61. The smallest absolute Gasteiger partial charge is 0.377 e. The molecule has 0 spiro atoms. The van der Waals surface area contributed by atoms with Crippen molar-refractivity contribution in [1.82, 2.24) is 5.32 Å². The number of hydrogen-bond donors (Lipinski definition) is 3. The van der Waals surface area contributed by atoms with Crippen LogP contribution < -0.4 is 11.1 Å². The normalized spacial score (nSPS) is 19.6. The van der Waals surface area contributed by atoms with Crippen molar-refractivity contribution in [2.24, 2.45) is 5.73 Å². The molecular weight excluding hydrogens is 245 g/mol. The van der Waals surface area contributed by atoms with Gasteiger partial charge in [-0.1, -0.05) is 18.2 Å². The van der Waals surface area contributed by atoms with E-state index in [1.165, 1.54) is 18.2 Å². The van der Waals surface area contributed by atoms with Gasteiger partial charge in [0, 0.05) is 6.04 Å². The SMILES string of the molecule is NC(c1ccccc1C(F)(F)F)C(O)NC1CC1. The average molecular weight is 260 g/mol. The van der Waals surface area contributed by atoms with Gasteiger partial charge in [-0.25, -0.2) is 0 Å². The molecule has 1 aliphatic carbocycles. The van der Waals surface area contributed by atoms with Crippen LogP contribution in [0.5, 0.6) is 0 Å². The minimum Gasteiger partial charge on any atom is -0.377 e. The van der Waals surface area contributed by atoms with Crippen LogP contribution in [0, 0.1) is 0 Å². The molecule has 3 nitrogen and oxygen atoms in total. The number of rotatable bonds is 4. The molecule has 2 unspecified atom stereocenters. The van der Waals surface area contributed by atoms with Gasteiger partial charge in [0.2, 0.25) is 0 Å². The van der Waals surface area contributed by atoms with E-state index in [2.05, 4.69) is 5.32 Å². The second-order valence-electron chi connectivity index (χ2n) is 4.50. The van der Waals surface area contributed by atoms with E-state index in [4.69, 9.17) is 5.73 Å². The highest BCUT2D eigenvalue weighted by Crippen LogP contribution is 2.34. The van der Waals surface area contributed by atoms with Crippen LogP contribution in [0.15, 0.2) is 24.3 Å². The van der Waals surface area contributed by atoms with Gasteiger partial charge in [-0.15, -0.1) is 0 Å². The van der Waals surface area contributed by atoms with E-state index in [0.29, 0.717) is 0 Å². The summed E-state index contributed by atoms with van der Waals surface area (Å²) in [4.78, 5) is 0. The quantitative estimate of drug-likeness (QED) is 0.723. The van der Waals surface area contributed by atoms with Gasteiger partial charge in [0.1, 0.15) is 6.23 Å². The third-order valence-electron chi connectivity index (χ3n) is 2.95. The monoisotopic (exact) mass is 260 g/mol. The fourth-order valence-corrected chi connectivity index (χ4v) is 1.81. The molecule has 0 aromatic heterocycles. The minimum absolute atomic E-state index is 0.0920. The molecule has 0 aliphatic heterocycles. The van der Waals surface area contributed by atoms with Crippen LogP contribution in [0.3, 0.4) is 0 Å². The summed E-state index contributed by atoms with van der Waals surface area (Å²) in [5.41, 5.74) is 4.81. The Bertz CT molecular complexity index is 418. The summed E-state index contributed by atoms with van der Waals surface area (Å²) in [5.74, 6) is 0. The summed E-state index contributed by atoms with van der Waals surface area (Å²) < 4.78 is 38.4. The van der Waals surface area contributed by atoms with Gasteiger partial charge in [-0.2, -0.15) is 13.2 Å². The molecule has 0 radical (unpaired) electrons. The molecule has 18 heavy (non-hydrogen) atoms. The molecular formula is C12H15F3N2O. The number of aliphatic hydroxyl groups is 1. The summed E-state index contributed by atoms with van der Waals surface area (Å²) in [6.07, 6.45) is -3.79.